The van der Waals surface area contributed by atoms with E-state index in [2.05, 4.69) is 10.6 Å². The molecule has 0 aromatic carbocycles. The van der Waals surface area contributed by atoms with E-state index in [1.54, 1.807) is 0 Å². The fourth-order valence-corrected chi connectivity index (χ4v) is 3.27. The number of carbonyl (C=O) groups is 1. The molecule has 1 aliphatic carbocycles. The van der Waals surface area contributed by atoms with Crippen molar-refractivity contribution in [1.29, 1.82) is 0 Å². The molecule has 1 aliphatic heterocycles. The highest BCUT2D eigenvalue weighted by Gasteiger charge is 2.58. The minimum absolute atomic E-state index is 0.336. The summed E-state index contributed by atoms with van der Waals surface area (Å²) in [6.07, 6.45) is 2.55. The van der Waals surface area contributed by atoms with Gasteiger partial charge in [0.25, 0.3) is 0 Å². The molecule has 1 saturated carbocycles. The van der Waals surface area contributed by atoms with Gasteiger partial charge in [0, 0.05) is 13.1 Å². The molecule has 2 N–H and O–H groups in total. The fourth-order valence-electron chi connectivity index (χ4n) is 2.83. The molecule has 1 saturated heterocycles. The smallest absolute Gasteiger partial charge is 0.408 e. The summed E-state index contributed by atoms with van der Waals surface area (Å²) < 4.78 is 5.31. The number of carbonyl (C=O) groups excluding carboxylic acids is 1. The lowest BCUT2D eigenvalue weighted by Gasteiger charge is -2.36. The van der Waals surface area contributed by atoms with Crippen LogP contribution in [0.1, 0.15) is 40.0 Å². The minimum Gasteiger partial charge on any atom is -0.444 e. The maximum absolute atomic E-state index is 11.9. The van der Waals surface area contributed by atoms with Gasteiger partial charge in [0.1, 0.15) is 5.60 Å². The van der Waals surface area contributed by atoms with E-state index in [9.17, 15) is 4.79 Å². The van der Waals surface area contributed by atoms with E-state index in [1.165, 1.54) is 0 Å². The predicted octanol–water partition coefficient (Wildman–Crippen LogP) is 2.01. The Hall–Kier alpha value is -0.480. The Labute approximate surface area is 107 Å². The predicted molar refractivity (Wildman–Crippen MR) is 67.4 cm³/mol. The third kappa shape index (κ3) is 2.38. The Morgan fingerprint density at radius 2 is 2.06 bits per heavy atom. The van der Waals surface area contributed by atoms with Crippen molar-refractivity contribution in [2.75, 3.05) is 13.1 Å². The van der Waals surface area contributed by atoms with Crippen molar-refractivity contribution in [3.8, 4) is 0 Å². The maximum Gasteiger partial charge on any atom is 0.408 e. The number of halogens is 1. The number of alkyl halides is 1. The molecule has 2 aliphatic rings. The van der Waals surface area contributed by atoms with Crippen LogP contribution in [0.3, 0.4) is 0 Å². The highest BCUT2D eigenvalue weighted by Crippen LogP contribution is 2.46. The SMILES string of the molecule is CC(C)(C)OC(=O)N[C@@]12CCC[C@]1(Cl)CNC2. The molecule has 4 nitrogen and oxygen atoms in total. The third-order valence-electron chi connectivity index (χ3n) is 3.61. The molecule has 1 heterocycles. The van der Waals surface area contributed by atoms with Crippen LogP contribution in [-0.2, 0) is 4.74 Å². The zero-order chi connectivity index (χ0) is 12.7. The van der Waals surface area contributed by atoms with E-state index >= 15 is 0 Å². The molecular formula is C12H21ClN2O2. The Bertz CT molecular complexity index is 315. The van der Waals surface area contributed by atoms with Crippen LogP contribution in [0.4, 0.5) is 4.79 Å². The van der Waals surface area contributed by atoms with Gasteiger partial charge in [-0.2, -0.15) is 0 Å². The Morgan fingerprint density at radius 3 is 2.71 bits per heavy atom. The molecule has 0 aromatic heterocycles. The van der Waals surface area contributed by atoms with Gasteiger partial charge in [0.05, 0.1) is 10.4 Å². The van der Waals surface area contributed by atoms with E-state index in [0.717, 1.165) is 32.4 Å². The monoisotopic (exact) mass is 260 g/mol. The highest BCUT2D eigenvalue weighted by atomic mass is 35.5. The van der Waals surface area contributed by atoms with E-state index in [0.29, 0.717) is 0 Å². The number of hydrogen-bond donors (Lipinski definition) is 2. The van der Waals surface area contributed by atoms with Crippen molar-refractivity contribution < 1.29 is 9.53 Å². The topological polar surface area (TPSA) is 50.4 Å². The van der Waals surface area contributed by atoms with Gasteiger partial charge < -0.3 is 15.4 Å². The van der Waals surface area contributed by atoms with Crippen LogP contribution in [0.15, 0.2) is 0 Å². The van der Waals surface area contributed by atoms with Crippen LogP contribution in [0, 0.1) is 0 Å². The number of alkyl carbamates (subject to hydrolysis) is 1. The lowest BCUT2D eigenvalue weighted by Crippen LogP contribution is -2.59. The van der Waals surface area contributed by atoms with Gasteiger partial charge in [-0.15, -0.1) is 11.6 Å². The average Bonchev–Trinajstić information content (AvgIpc) is 2.53. The largest absolute Gasteiger partial charge is 0.444 e. The van der Waals surface area contributed by atoms with Gasteiger partial charge in [0.15, 0.2) is 0 Å². The van der Waals surface area contributed by atoms with Crippen molar-refractivity contribution in [2.45, 2.75) is 56.0 Å². The number of fused-ring (bicyclic) bond motifs is 1. The van der Waals surface area contributed by atoms with Gasteiger partial charge >= 0.3 is 6.09 Å². The van der Waals surface area contributed by atoms with Crippen LogP contribution in [-0.4, -0.2) is 35.2 Å². The molecule has 0 bridgehead atoms. The molecule has 17 heavy (non-hydrogen) atoms. The lowest BCUT2D eigenvalue weighted by molar-refractivity contribution is 0.0456. The molecule has 2 fully saturated rings. The summed E-state index contributed by atoms with van der Waals surface area (Å²) in [5.74, 6) is 0. The molecule has 1 amide bonds. The summed E-state index contributed by atoms with van der Waals surface area (Å²) in [6.45, 7) is 7.07. The number of hydrogen-bond acceptors (Lipinski definition) is 3. The standard InChI is InChI=1S/C12H21ClN2O2/c1-10(2,3)17-9(16)15-12-6-4-5-11(12,13)7-14-8-12/h14H,4-8H2,1-3H3,(H,15,16)/t11-,12+/m0/s1. The van der Waals surface area contributed by atoms with Gasteiger partial charge in [-0.05, 0) is 40.0 Å². The first-order chi connectivity index (χ1) is 7.77. The van der Waals surface area contributed by atoms with E-state index in [1.807, 2.05) is 20.8 Å². The summed E-state index contributed by atoms with van der Waals surface area (Å²) >= 11 is 6.61. The fraction of sp³-hybridized carbons (Fsp3) is 0.917. The normalized spacial score (nSPS) is 36.7. The van der Waals surface area contributed by atoms with E-state index in [-0.39, 0.29) is 16.5 Å². The van der Waals surface area contributed by atoms with E-state index < -0.39 is 5.60 Å². The molecule has 2 rings (SSSR count). The lowest BCUT2D eigenvalue weighted by atomic mass is 9.90. The number of rotatable bonds is 1. The summed E-state index contributed by atoms with van der Waals surface area (Å²) in [4.78, 5) is 11.5. The second kappa shape index (κ2) is 4.02. The van der Waals surface area contributed by atoms with Crippen molar-refractivity contribution >= 4 is 17.7 Å². The Morgan fingerprint density at radius 1 is 1.35 bits per heavy atom. The number of ether oxygens (including phenoxy) is 1. The van der Waals surface area contributed by atoms with Gasteiger partial charge in [-0.25, -0.2) is 4.79 Å². The molecule has 5 heteroatoms. The summed E-state index contributed by atoms with van der Waals surface area (Å²) in [6, 6.07) is 0. The van der Waals surface area contributed by atoms with Crippen molar-refractivity contribution in [3.63, 3.8) is 0 Å². The van der Waals surface area contributed by atoms with Gasteiger partial charge in [-0.3, -0.25) is 0 Å². The minimum atomic E-state index is -0.472. The third-order valence-corrected chi connectivity index (χ3v) is 4.29. The van der Waals surface area contributed by atoms with Crippen LogP contribution in [0.25, 0.3) is 0 Å². The van der Waals surface area contributed by atoms with Crippen molar-refractivity contribution in [1.82, 2.24) is 10.6 Å². The van der Waals surface area contributed by atoms with Crippen LogP contribution in [0.2, 0.25) is 0 Å². The molecule has 0 radical (unpaired) electrons. The first kappa shape index (κ1) is 13.0. The quantitative estimate of drug-likeness (QED) is 0.709. The maximum atomic E-state index is 11.9. The first-order valence-electron chi connectivity index (χ1n) is 6.17. The number of nitrogens with one attached hydrogen (secondary N) is 2. The zero-order valence-corrected chi connectivity index (χ0v) is 11.5. The van der Waals surface area contributed by atoms with Crippen LogP contribution in [0.5, 0.6) is 0 Å². The molecule has 0 spiro atoms. The van der Waals surface area contributed by atoms with Crippen molar-refractivity contribution in [2.24, 2.45) is 0 Å². The summed E-state index contributed by atoms with van der Waals surface area (Å²) in [5.41, 5.74) is -0.808. The number of amides is 1. The summed E-state index contributed by atoms with van der Waals surface area (Å²) in [7, 11) is 0. The molecule has 98 valence electrons. The average molecular weight is 261 g/mol. The second-order valence-electron chi connectivity index (χ2n) is 6.13. The van der Waals surface area contributed by atoms with Gasteiger partial charge in [0.2, 0.25) is 0 Å². The van der Waals surface area contributed by atoms with Crippen LogP contribution < -0.4 is 10.6 Å². The van der Waals surface area contributed by atoms with Crippen LogP contribution >= 0.6 is 11.6 Å². The molecule has 0 unspecified atom stereocenters. The zero-order valence-electron chi connectivity index (χ0n) is 10.7. The molecular weight excluding hydrogens is 240 g/mol. The highest BCUT2D eigenvalue weighted by molar-refractivity contribution is 6.25. The van der Waals surface area contributed by atoms with Gasteiger partial charge in [-0.1, -0.05) is 0 Å². The molecule has 0 aromatic rings. The van der Waals surface area contributed by atoms with E-state index in [4.69, 9.17) is 16.3 Å². The Balaban J connectivity index is 2.05. The first-order valence-corrected chi connectivity index (χ1v) is 6.55. The summed E-state index contributed by atoms with van der Waals surface area (Å²) in [5, 5.41) is 6.27. The van der Waals surface area contributed by atoms with Crippen molar-refractivity contribution in [3.05, 3.63) is 0 Å². The molecule has 2 atom stereocenters. The second-order valence-corrected chi connectivity index (χ2v) is 6.85. The Kier molecular flexibility index (Phi) is 3.07.